The number of anilines is 1. The van der Waals surface area contributed by atoms with Gasteiger partial charge in [-0.15, -0.1) is 0 Å². The maximum Gasteiger partial charge on any atom is 0.182 e. The molecule has 17 heavy (non-hydrogen) atoms. The van der Waals surface area contributed by atoms with Gasteiger partial charge in [-0.3, -0.25) is 4.79 Å². The molecule has 0 aliphatic rings. The average Bonchev–Trinajstić information content (AvgIpc) is 2.21. The normalized spacial score (nSPS) is 10.5. The van der Waals surface area contributed by atoms with Crippen LogP contribution >= 0.6 is 0 Å². The van der Waals surface area contributed by atoms with Gasteiger partial charge in [0.1, 0.15) is 5.82 Å². The van der Waals surface area contributed by atoms with Crippen LogP contribution in [0, 0.1) is 19.7 Å². The van der Waals surface area contributed by atoms with Crippen molar-refractivity contribution in [2.75, 3.05) is 5.73 Å². The number of hydrogen-bond acceptors (Lipinski definition) is 2. The molecule has 0 aliphatic heterocycles. The van der Waals surface area contributed by atoms with E-state index in [1.165, 1.54) is 24.3 Å². The van der Waals surface area contributed by atoms with E-state index in [4.69, 9.17) is 5.73 Å². The summed E-state index contributed by atoms with van der Waals surface area (Å²) in [6, 6.07) is 7.32. The molecule has 0 amide bonds. The Morgan fingerprint density at radius 1 is 1.12 bits per heavy atom. The zero-order valence-corrected chi connectivity index (χ0v) is 9.70. The van der Waals surface area contributed by atoms with Crippen molar-refractivity contribution < 1.29 is 4.39 Å². The predicted molar refractivity (Wildman–Crippen MR) is 65.9 cm³/mol. The van der Waals surface area contributed by atoms with Gasteiger partial charge in [0.15, 0.2) is 5.43 Å². The zero-order chi connectivity index (χ0) is 12.6. The molecule has 0 unspecified atom stereocenters. The number of nitrogens with zero attached hydrogens (tertiary/aromatic N) is 1. The molecule has 0 saturated heterocycles. The molecule has 1 heterocycles. The summed E-state index contributed by atoms with van der Waals surface area (Å²) in [4.78, 5) is 11.3. The van der Waals surface area contributed by atoms with Gasteiger partial charge >= 0.3 is 0 Å². The second kappa shape index (κ2) is 4.05. The Bertz CT molecular complexity index is 606. The van der Waals surface area contributed by atoms with Gasteiger partial charge in [-0.25, -0.2) is 4.39 Å². The van der Waals surface area contributed by atoms with Gasteiger partial charge in [0, 0.05) is 29.2 Å². The molecule has 1 aromatic carbocycles. The largest absolute Gasteiger partial charge is 0.399 e. The standard InChI is InChI=1S/C13H13FN2O/c1-8-5-11(17)6-9(2)16(8)13-7-10(15)3-4-12(13)14/h3-7H,15H2,1-2H3. The molecule has 2 rings (SSSR count). The number of hydrogen-bond donors (Lipinski definition) is 1. The summed E-state index contributed by atoms with van der Waals surface area (Å²) in [7, 11) is 0. The first-order valence-electron chi connectivity index (χ1n) is 5.25. The monoisotopic (exact) mass is 232 g/mol. The highest BCUT2D eigenvalue weighted by atomic mass is 19.1. The quantitative estimate of drug-likeness (QED) is 0.766. The van der Waals surface area contributed by atoms with Gasteiger partial charge in [0.05, 0.1) is 5.69 Å². The number of aryl methyl sites for hydroxylation is 2. The lowest BCUT2D eigenvalue weighted by atomic mass is 10.2. The number of aromatic nitrogens is 1. The Hall–Kier alpha value is -2.10. The third kappa shape index (κ3) is 2.06. The van der Waals surface area contributed by atoms with Gasteiger partial charge in [-0.1, -0.05) is 0 Å². The summed E-state index contributed by atoms with van der Waals surface area (Å²) in [5.74, 6) is -0.367. The van der Waals surface area contributed by atoms with Crippen molar-refractivity contribution in [3.8, 4) is 5.69 Å². The first-order chi connectivity index (χ1) is 7.99. The lowest BCUT2D eigenvalue weighted by Gasteiger charge is -2.15. The number of halogens is 1. The molecular formula is C13H13FN2O. The highest BCUT2D eigenvalue weighted by Gasteiger charge is 2.09. The number of rotatable bonds is 1. The van der Waals surface area contributed by atoms with Crippen LogP contribution in [0.25, 0.3) is 5.69 Å². The minimum Gasteiger partial charge on any atom is -0.399 e. The number of nitrogens with two attached hydrogens (primary N) is 1. The molecule has 0 aliphatic carbocycles. The third-order valence-corrected chi connectivity index (χ3v) is 2.62. The number of benzene rings is 1. The van der Waals surface area contributed by atoms with E-state index in [-0.39, 0.29) is 11.2 Å². The zero-order valence-electron chi connectivity index (χ0n) is 9.70. The second-order valence-electron chi connectivity index (χ2n) is 4.02. The van der Waals surface area contributed by atoms with Crippen molar-refractivity contribution in [1.82, 2.24) is 4.57 Å². The van der Waals surface area contributed by atoms with Crippen molar-refractivity contribution in [1.29, 1.82) is 0 Å². The van der Waals surface area contributed by atoms with E-state index in [0.717, 1.165) is 0 Å². The topological polar surface area (TPSA) is 48.0 Å². The van der Waals surface area contributed by atoms with Gasteiger partial charge < -0.3 is 10.3 Å². The van der Waals surface area contributed by atoms with Crippen LogP contribution in [0.4, 0.5) is 10.1 Å². The molecule has 0 radical (unpaired) electrons. The summed E-state index contributed by atoms with van der Waals surface area (Å²) >= 11 is 0. The van der Waals surface area contributed by atoms with Crippen molar-refractivity contribution in [2.45, 2.75) is 13.8 Å². The smallest absolute Gasteiger partial charge is 0.182 e. The van der Waals surface area contributed by atoms with E-state index in [2.05, 4.69) is 0 Å². The van der Waals surface area contributed by atoms with Crippen molar-refractivity contribution in [3.05, 3.63) is 57.8 Å². The number of pyridine rings is 1. The molecular weight excluding hydrogens is 219 g/mol. The predicted octanol–water partition coefficient (Wildman–Crippen LogP) is 2.18. The van der Waals surface area contributed by atoms with Gasteiger partial charge in [0.25, 0.3) is 0 Å². The molecule has 0 atom stereocenters. The Morgan fingerprint density at radius 3 is 2.29 bits per heavy atom. The Morgan fingerprint density at radius 2 is 1.71 bits per heavy atom. The fourth-order valence-corrected chi connectivity index (χ4v) is 1.94. The summed E-state index contributed by atoms with van der Waals surface area (Å²) < 4.78 is 15.4. The molecule has 2 N–H and O–H groups in total. The molecule has 0 saturated carbocycles. The van der Waals surface area contributed by atoms with Crippen molar-refractivity contribution in [2.24, 2.45) is 0 Å². The molecule has 0 fully saturated rings. The molecule has 3 nitrogen and oxygen atoms in total. The van der Waals surface area contributed by atoms with E-state index in [1.54, 1.807) is 24.5 Å². The van der Waals surface area contributed by atoms with Crippen LogP contribution in [0.1, 0.15) is 11.4 Å². The van der Waals surface area contributed by atoms with Crippen LogP contribution in [-0.2, 0) is 0 Å². The van der Waals surface area contributed by atoms with Crippen molar-refractivity contribution >= 4 is 5.69 Å². The van der Waals surface area contributed by atoms with Gasteiger partial charge in [-0.05, 0) is 32.0 Å². The van der Waals surface area contributed by atoms with E-state index < -0.39 is 0 Å². The summed E-state index contributed by atoms with van der Waals surface area (Å²) in [6.45, 7) is 3.52. The fourth-order valence-electron chi connectivity index (χ4n) is 1.94. The lowest BCUT2D eigenvalue weighted by Crippen LogP contribution is -2.12. The average molecular weight is 232 g/mol. The van der Waals surface area contributed by atoms with E-state index >= 15 is 0 Å². The SMILES string of the molecule is Cc1cc(=O)cc(C)n1-c1cc(N)ccc1F. The number of nitrogen functional groups attached to an aromatic ring is 1. The Kier molecular flexibility index (Phi) is 2.71. The lowest BCUT2D eigenvalue weighted by molar-refractivity contribution is 0.615. The highest BCUT2D eigenvalue weighted by molar-refractivity contribution is 5.50. The third-order valence-electron chi connectivity index (χ3n) is 2.62. The maximum atomic E-state index is 13.8. The molecule has 0 spiro atoms. The minimum absolute atomic E-state index is 0.0828. The van der Waals surface area contributed by atoms with Crippen LogP contribution in [0.5, 0.6) is 0 Å². The molecule has 0 bridgehead atoms. The maximum absolute atomic E-state index is 13.8. The van der Waals surface area contributed by atoms with Crippen molar-refractivity contribution in [3.63, 3.8) is 0 Å². The molecule has 4 heteroatoms. The molecule has 2 aromatic rings. The summed E-state index contributed by atoms with van der Waals surface area (Å²) in [6.07, 6.45) is 0. The van der Waals surface area contributed by atoms with E-state index in [9.17, 15) is 9.18 Å². The fraction of sp³-hybridized carbons (Fsp3) is 0.154. The van der Waals surface area contributed by atoms with Crippen LogP contribution in [0.15, 0.2) is 35.1 Å². The van der Waals surface area contributed by atoms with E-state index in [0.29, 0.717) is 22.8 Å². The van der Waals surface area contributed by atoms with Crippen LogP contribution in [0.2, 0.25) is 0 Å². The molecule has 1 aromatic heterocycles. The second-order valence-corrected chi connectivity index (χ2v) is 4.02. The Balaban J connectivity index is 2.77. The summed E-state index contributed by atoms with van der Waals surface area (Å²) in [5.41, 5.74) is 7.78. The van der Waals surface area contributed by atoms with Gasteiger partial charge in [-0.2, -0.15) is 0 Å². The van der Waals surface area contributed by atoms with Gasteiger partial charge in [0.2, 0.25) is 0 Å². The van der Waals surface area contributed by atoms with Crippen LogP contribution < -0.4 is 11.2 Å². The first-order valence-corrected chi connectivity index (χ1v) is 5.25. The Labute approximate surface area is 98.3 Å². The highest BCUT2D eigenvalue weighted by Crippen LogP contribution is 2.19. The summed E-state index contributed by atoms with van der Waals surface area (Å²) in [5, 5.41) is 0. The van der Waals surface area contributed by atoms with Crippen LogP contribution in [-0.4, -0.2) is 4.57 Å². The van der Waals surface area contributed by atoms with E-state index in [1.807, 2.05) is 0 Å². The molecule has 88 valence electrons. The minimum atomic E-state index is -0.367. The first kappa shape index (κ1) is 11.4. The van der Waals surface area contributed by atoms with Crippen LogP contribution in [0.3, 0.4) is 0 Å².